The molecule has 3 rings (SSSR count). The molecule has 1 aromatic heterocycles. The fourth-order valence-corrected chi connectivity index (χ4v) is 3.25. The van der Waals surface area contributed by atoms with Gasteiger partial charge in [-0.25, -0.2) is 9.48 Å². The highest BCUT2D eigenvalue weighted by atomic mass is 16.6. The van der Waals surface area contributed by atoms with Gasteiger partial charge in [0.1, 0.15) is 5.75 Å². The second-order valence-corrected chi connectivity index (χ2v) is 6.71. The molecule has 1 N–H and O–H groups in total. The Balaban J connectivity index is 1.60. The first-order valence-electron chi connectivity index (χ1n) is 9.45. The molecule has 0 saturated carbocycles. The van der Waals surface area contributed by atoms with Crippen molar-refractivity contribution in [3.05, 3.63) is 41.7 Å². The van der Waals surface area contributed by atoms with Gasteiger partial charge in [0.2, 0.25) is 0 Å². The number of carbonyl (C=O) groups excluding carboxylic acids is 2. The summed E-state index contributed by atoms with van der Waals surface area (Å²) < 4.78 is 11.9. The van der Waals surface area contributed by atoms with Crippen molar-refractivity contribution >= 4 is 12.0 Å². The molecule has 28 heavy (non-hydrogen) atoms. The fraction of sp³-hybridized carbons (Fsp3) is 0.450. The number of ether oxygens (including phenoxy) is 2. The number of likely N-dealkylation sites (tertiary alicyclic amines) is 1. The minimum atomic E-state index is -0.291. The molecule has 1 aromatic carbocycles. The van der Waals surface area contributed by atoms with Crippen LogP contribution in [0.3, 0.4) is 0 Å². The van der Waals surface area contributed by atoms with Crippen molar-refractivity contribution in [1.82, 2.24) is 20.0 Å². The highest BCUT2D eigenvalue weighted by molar-refractivity contribution is 5.92. The van der Waals surface area contributed by atoms with E-state index in [2.05, 4.69) is 10.4 Å². The van der Waals surface area contributed by atoms with E-state index in [1.807, 2.05) is 31.2 Å². The van der Waals surface area contributed by atoms with Crippen molar-refractivity contribution in [3.63, 3.8) is 0 Å². The predicted molar refractivity (Wildman–Crippen MR) is 104 cm³/mol. The Labute approximate surface area is 164 Å². The Morgan fingerprint density at radius 3 is 2.50 bits per heavy atom. The van der Waals surface area contributed by atoms with Crippen LogP contribution in [-0.2, 0) is 4.74 Å². The Bertz CT molecular complexity index is 823. The lowest BCUT2D eigenvalue weighted by atomic mass is 10.1. The maximum absolute atomic E-state index is 12.6. The van der Waals surface area contributed by atoms with Gasteiger partial charge in [-0.3, -0.25) is 4.79 Å². The molecule has 0 spiro atoms. The fourth-order valence-electron chi connectivity index (χ4n) is 3.25. The normalized spacial score (nSPS) is 14.6. The quantitative estimate of drug-likeness (QED) is 0.853. The molecule has 0 bridgehead atoms. The lowest BCUT2D eigenvalue weighted by molar-refractivity contribution is 0.0856. The Morgan fingerprint density at radius 2 is 1.89 bits per heavy atom. The molecule has 1 aliphatic rings. The summed E-state index contributed by atoms with van der Waals surface area (Å²) in [6.07, 6.45) is 1.10. The second kappa shape index (κ2) is 8.77. The summed E-state index contributed by atoms with van der Waals surface area (Å²) in [4.78, 5) is 26.1. The zero-order valence-corrected chi connectivity index (χ0v) is 16.5. The number of nitrogens with zero attached hydrogens (tertiary/aromatic N) is 3. The van der Waals surface area contributed by atoms with Crippen LogP contribution in [0.1, 0.15) is 35.9 Å². The minimum Gasteiger partial charge on any atom is -0.497 e. The van der Waals surface area contributed by atoms with E-state index in [9.17, 15) is 9.59 Å². The van der Waals surface area contributed by atoms with E-state index in [1.54, 1.807) is 29.7 Å². The summed E-state index contributed by atoms with van der Waals surface area (Å²) in [5, 5.41) is 7.47. The molecule has 1 fully saturated rings. The van der Waals surface area contributed by atoms with E-state index in [0.29, 0.717) is 38.2 Å². The first-order chi connectivity index (χ1) is 13.5. The number of carbonyl (C=O) groups is 2. The smallest absolute Gasteiger partial charge is 0.409 e. The monoisotopic (exact) mass is 386 g/mol. The molecule has 2 heterocycles. The minimum absolute atomic E-state index is 0.0182. The van der Waals surface area contributed by atoms with Crippen LogP contribution in [0.2, 0.25) is 0 Å². The van der Waals surface area contributed by atoms with Crippen LogP contribution in [-0.4, -0.2) is 59.5 Å². The summed E-state index contributed by atoms with van der Waals surface area (Å²) in [6.45, 7) is 5.21. The van der Waals surface area contributed by atoms with Crippen molar-refractivity contribution in [1.29, 1.82) is 0 Å². The van der Waals surface area contributed by atoms with E-state index in [-0.39, 0.29) is 18.0 Å². The molecule has 0 atom stereocenters. The van der Waals surface area contributed by atoms with Gasteiger partial charge in [0.15, 0.2) is 5.69 Å². The van der Waals surface area contributed by atoms with Gasteiger partial charge in [-0.1, -0.05) is 0 Å². The largest absolute Gasteiger partial charge is 0.497 e. The van der Waals surface area contributed by atoms with Crippen LogP contribution in [0.25, 0.3) is 5.69 Å². The Kier molecular flexibility index (Phi) is 6.18. The van der Waals surface area contributed by atoms with Crippen molar-refractivity contribution in [2.75, 3.05) is 26.8 Å². The number of aryl methyl sites for hydroxylation is 1. The Hall–Kier alpha value is -3.03. The highest BCUT2D eigenvalue weighted by Gasteiger charge is 2.25. The maximum atomic E-state index is 12.6. The Morgan fingerprint density at radius 1 is 1.21 bits per heavy atom. The van der Waals surface area contributed by atoms with Crippen molar-refractivity contribution in [3.8, 4) is 11.4 Å². The third-order valence-electron chi connectivity index (χ3n) is 4.79. The molecule has 8 heteroatoms. The van der Waals surface area contributed by atoms with Gasteiger partial charge in [-0.2, -0.15) is 5.10 Å². The predicted octanol–water partition coefficient (Wildman–Crippen LogP) is 2.54. The number of hydrogen-bond acceptors (Lipinski definition) is 5. The number of amides is 2. The zero-order valence-electron chi connectivity index (χ0n) is 16.5. The molecule has 2 amide bonds. The third-order valence-corrected chi connectivity index (χ3v) is 4.79. The molecular weight excluding hydrogens is 360 g/mol. The average Bonchev–Trinajstić information content (AvgIpc) is 3.10. The van der Waals surface area contributed by atoms with E-state index >= 15 is 0 Å². The molecule has 1 aliphatic heterocycles. The molecule has 1 saturated heterocycles. The SMILES string of the molecule is CCOC(=O)N1CCC(NC(=O)c2cc(C)n(-c3ccc(OC)cc3)n2)CC1. The van der Waals surface area contributed by atoms with Crippen molar-refractivity contribution < 1.29 is 19.1 Å². The van der Waals surface area contributed by atoms with E-state index in [0.717, 1.165) is 17.1 Å². The third kappa shape index (κ3) is 4.44. The molecular formula is C20H26N4O4. The number of benzene rings is 1. The molecule has 0 radical (unpaired) electrons. The van der Waals surface area contributed by atoms with Crippen LogP contribution in [0.5, 0.6) is 5.75 Å². The van der Waals surface area contributed by atoms with Gasteiger partial charge in [0, 0.05) is 24.8 Å². The standard InChI is InChI=1S/C20H26N4O4/c1-4-28-20(26)23-11-9-15(10-12-23)21-19(25)18-13-14(2)24(22-18)16-5-7-17(27-3)8-6-16/h5-8,13,15H,4,9-12H2,1-3H3,(H,21,25). The average molecular weight is 386 g/mol. The van der Waals surface area contributed by atoms with Crippen LogP contribution >= 0.6 is 0 Å². The van der Waals surface area contributed by atoms with E-state index < -0.39 is 0 Å². The molecule has 0 aliphatic carbocycles. The van der Waals surface area contributed by atoms with E-state index in [4.69, 9.17) is 9.47 Å². The lowest BCUT2D eigenvalue weighted by Gasteiger charge is -2.31. The molecule has 8 nitrogen and oxygen atoms in total. The second-order valence-electron chi connectivity index (χ2n) is 6.71. The van der Waals surface area contributed by atoms with Crippen molar-refractivity contribution in [2.45, 2.75) is 32.7 Å². The van der Waals surface area contributed by atoms with Crippen LogP contribution in [0.4, 0.5) is 4.79 Å². The number of rotatable bonds is 5. The van der Waals surface area contributed by atoms with Crippen LogP contribution in [0, 0.1) is 6.92 Å². The summed E-state index contributed by atoms with van der Waals surface area (Å²) in [5.41, 5.74) is 2.11. The summed E-state index contributed by atoms with van der Waals surface area (Å²) in [7, 11) is 1.62. The number of methoxy groups -OCH3 is 1. The maximum Gasteiger partial charge on any atom is 0.409 e. The topological polar surface area (TPSA) is 85.7 Å². The first-order valence-corrected chi connectivity index (χ1v) is 9.45. The van der Waals surface area contributed by atoms with Gasteiger partial charge in [-0.15, -0.1) is 0 Å². The summed E-state index contributed by atoms with van der Waals surface area (Å²) in [5.74, 6) is 0.561. The number of aromatic nitrogens is 2. The van der Waals surface area contributed by atoms with Crippen molar-refractivity contribution in [2.24, 2.45) is 0 Å². The summed E-state index contributed by atoms with van der Waals surface area (Å²) >= 11 is 0. The molecule has 150 valence electrons. The first kappa shape index (κ1) is 19.7. The van der Waals surface area contributed by atoms with Gasteiger partial charge in [-0.05, 0) is 57.0 Å². The van der Waals surface area contributed by atoms with Crippen LogP contribution in [0.15, 0.2) is 30.3 Å². The lowest BCUT2D eigenvalue weighted by Crippen LogP contribution is -2.46. The van der Waals surface area contributed by atoms with Gasteiger partial charge >= 0.3 is 6.09 Å². The number of piperidine rings is 1. The summed E-state index contributed by atoms with van der Waals surface area (Å²) in [6, 6.07) is 9.29. The zero-order chi connectivity index (χ0) is 20.1. The molecule has 0 unspecified atom stereocenters. The van der Waals surface area contributed by atoms with E-state index in [1.165, 1.54) is 0 Å². The van der Waals surface area contributed by atoms with Gasteiger partial charge in [0.05, 0.1) is 19.4 Å². The van der Waals surface area contributed by atoms with Crippen LogP contribution < -0.4 is 10.1 Å². The number of hydrogen-bond donors (Lipinski definition) is 1. The van der Waals surface area contributed by atoms with Gasteiger partial charge < -0.3 is 19.7 Å². The number of nitrogens with one attached hydrogen (secondary N) is 1. The molecule has 2 aromatic rings. The van der Waals surface area contributed by atoms with Gasteiger partial charge in [0.25, 0.3) is 5.91 Å². The highest BCUT2D eigenvalue weighted by Crippen LogP contribution is 2.17.